The van der Waals surface area contributed by atoms with Crippen molar-refractivity contribution in [2.75, 3.05) is 11.9 Å². The number of carbonyl (C=O) groups excluding carboxylic acids is 5. The number of piperidine rings is 1. The smallest absolute Gasteiger partial charge is 0.310 e. The van der Waals surface area contributed by atoms with Gasteiger partial charge in [-0.3, -0.25) is 24.0 Å². The first-order chi connectivity index (χ1) is 18.8. The number of carbonyl (C=O) groups is 5. The first-order valence-corrected chi connectivity index (χ1v) is 14.0. The second-order valence-corrected chi connectivity index (χ2v) is 12.1. The van der Waals surface area contributed by atoms with E-state index in [4.69, 9.17) is 21.1 Å². The molecule has 6 atom stereocenters. The molecule has 2 aliphatic heterocycles. The number of hydrogen-bond acceptors (Lipinski definition) is 7. The summed E-state index contributed by atoms with van der Waals surface area (Å²) >= 11 is 6.35. The van der Waals surface area contributed by atoms with Crippen molar-refractivity contribution in [1.82, 2.24) is 15.5 Å². The summed E-state index contributed by atoms with van der Waals surface area (Å²) in [6.45, 7) is 8.98. The zero-order chi connectivity index (χ0) is 29.4. The fraction of sp³-hybridized carbons (Fsp3) is 0.607. The van der Waals surface area contributed by atoms with Crippen molar-refractivity contribution in [3.63, 3.8) is 0 Å². The first-order valence-electron chi connectivity index (χ1n) is 13.6. The Morgan fingerprint density at radius 1 is 1.20 bits per heavy atom. The Bertz CT molecular complexity index is 1200. The van der Waals surface area contributed by atoms with Gasteiger partial charge in [0.2, 0.25) is 24.0 Å². The average molecular weight is 577 g/mol. The number of ether oxygens (including phenoxy) is 2. The van der Waals surface area contributed by atoms with E-state index < -0.39 is 41.7 Å². The Labute approximate surface area is 238 Å². The van der Waals surface area contributed by atoms with Gasteiger partial charge in [-0.05, 0) is 55.7 Å². The Hall–Kier alpha value is -3.18. The first kappa shape index (κ1) is 29.8. The molecule has 3 fully saturated rings. The quantitative estimate of drug-likeness (QED) is 0.404. The molecule has 0 radical (unpaired) electrons. The highest BCUT2D eigenvalue weighted by Crippen LogP contribution is 2.44. The van der Waals surface area contributed by atoms with Crippen LogP contribution in [0.25, 0.3) is 0 Å². The van der Waals surface area contributed by atoms with Gasteiger partial charge in [-0.2, -0.15) is 0 Å². The molecule has 3 aliphatic rings. The monoisotopic (exact) mass is 576 g/mol. The van der Waals surface area contributed by atoms with Gasteiger partial charge in [0.25, 0.3) is 5.91 Å². The van der Waals surface area contributed by atoms with E-state index in [2.05, 4.69) is 16.0 Å². The molecule has 6 unspecified atom stereocenters. The van der Waals surface area contributed by atoms with E-state index in [-0.39, 0.29) is 46.7 Å². The molecule has 2 heterocycles. The largest absolute Gasteiger partial charge is 0.433 e. The van der Waals surface area contributed by atoms with Gasteiger partial charge in [0.1, 0.15) is 18.1 Å². The number of rotatable bonds is 8. The van der Waals surface area contributed by atoms with Crippen LogP contribution in [0.5, 0.6) is 0 Å². The Kier molecular flexibility index (Phi) is 8.75. The van der Waals surface area contributed by atoms with Gasteiger partial charge in [-0.1, -0.05) is 32.4 Å². The Balaban J connectivity index is 1.54. The van der Waals surface area contributed by atoms with Crippen molar-refractivity contribution in [3.8, 4) is 0 Å². The second-order valence-electron chi connectivity index (χ2n) is 11.7. The van der Waals surface area contributed by atoms with Crippen molar-refractivity contribution >= 4 is 46.9 Å². The molecule has 1 saturated carbocycles. The lowest BCUT2D eigenvalue weighted by Crippen LogP contribution is -2.62. The van der Waals surface area contributed by atoms with E-state index in [1.807, 2.05) is 20.8 Å². The number of esters is 1. The van der Waals surface area contributed by atoms with Gasteiger partial charge in [0.15, 0.2) is 0 Å². The summed E-state index contributed by atoms with van der Waals surface area (Å²) in [6.07, 6.45) is 1.40. The number of fused-ring (bicyclic) bond motifs is 2. The van der Waals surface area contributed by atoms with Crippen LogP contribution in [0.4, 0.5) is 5.69 Å². The fourth-order valence-electron chi connectivity index (χ4n) is 5.87. The lowest BCUT2D eigenvalue weighted by molar-refractivity contribution is -0.165. The fourth-order valence-corrected chi connectivity index (χ4v) is 6.13. The topological polar surface area (TPSA) is 143 Å². The summed E-state index contributed by atoms with van der Waals surface area (Å²) < 4.78 is 10.7. The molecular weight excluding hydrogens is 540 g/mol. The molecule has 1 aromatic rings. The summed E-state index contributed by atoms with van der Waals surface area (Å²) in [4.78, 5) is 65.9. The number of nitrogens with zero attached hydrogens (tertiary/aromatic N) is 1. The van der Waals surface area contributed by atoms with Gasteiger partial charge in [0.05, 0.1) is 17.0 Å². The highest BCUT2D eigenvalue weighted by atomic mass is 35.5. The van der Waals surface area contributed by atoms with Crippen molar-refractivity contribution in [2.45, 2.75) is 90.8 Å². The van der Waals surface area contributed by atoms with Gasteiger partial charge < -0.3 is 30.3 Å². The van der Waals surface area contributed by atoms with Crippen LogP contribution in [0.3, 0.4) is 0 Å². The molecule has 1 aliphatic carbocycles. The molecular formula is C28H37ClN4O7. The summed E-state index contributed by atoms with van der Waals surface area (Å²) in [7, 11) is 0. The van der Waals surface area contributed by atoms with Crippen LogP contribution in [0.2, 0.25) is 5.02 Å². The molecule has 12 heteroatoms. The number of likely N-dealkylation sites (tertiary alicyclic amines) is 1. The molecule has 1 aromatic carbocycles. The van der Waals surface area contributed by atoms with Crippen molar-refractivity contribution in [2.24, 2.45) is 11.3 Å². The number of nitrogens with one attached hydrogen (secondary N) is 3. The van der Waals surface area contributed by atoms with Crippen LogP contribution in [0, 0.1) is 11.3 Å². The normalized spacial score (nSPS) is 26.3. The maximum Gasteiger partial charge on any atom is 0.310 e. The minimum atomic E-state index is -0.951. The molecule has 3 N–H and O–H groups in total. The third kappa shape index (κ3) is 6.25. The van der Waals surface area contributed by atoms with Crippen LogP contribution in [-0.2, 0) is 28.7 Å². The third-order valence-corrected chi connectivity index (χ3v) is 7.96. The average Bonchev–Trinajstić information content (AvgIpc) is 3.56. The van der Waals surface area contributed by atoms with E-state index >= 15 is 0 Å². The highest BCUT2D eigenvalue weighted by Gasteiger charge is 2.54. The maximum absolute atomic E-state index is 14.1. The predicted molar refractivity (Wildman–Crippen MR) is 146 cm³/mol. The zero-order valence-corrected chi connectivity index (χ0v) is 24.2. The number of halogens is 1. The van der Waals surface area contributed by atoms with Gasteiger partial charge in [-0.25, -0.2) is 0 Å². The van der Waals surface area contributed by atoms with E-state index in [9.17, 15) is 24.0 Å². The molecule has 0 spiro atoms. The van der Waals surface area contributed by atoms with Crippen molar-refractivity contribution < 1.29 is 33.4 Å². The lowest BCUT2D eigenvalue weighted by Gasteiger charge is -2.40. The summed E-state index contributed by atoms with van der Waals surface area (Å²) in [5, 5.41) is 8.48. The number of cyclic esters (lactones) is 1. The summed E-state index contributed by atoms with van der Waals surface area (Å²) in [6, 6.07) is 2.07. The SMILES string of the molecule is CCOC1OC(=O)CC1NC(=O)C1C2CCC(C2)N1C(=O)C(NC(=O)c1ccc(NC(C)=O)cc1Cl)C(C)(C)C. The summed E-state index contributed by atoms with van der Waals surface area (Å²) in [5.41, 5.74) is -0.0902. The molecule has 0 aromatic heterocycles. The van der Waals surface area contributed by atoms with Crippen LogP contribution < -0.4 is 16.0 Å². The van der Waals surface area contributed by atoms with Gasteiger partial charge in [-0.15, -0.1) is 0 Å². The predicted octanol–water partition coefficient (Wildman–Crippen LogP) is 2.62. The van der Waals surface area contributed by atoms with E-state index in [1.54, 1.807) is 17.9 Å². The van der Waals surface area contributed by atoms with Crippen LogP contribution in [0.1, 0.15) is 70.7 Å². The Morgan fingerprint density at radius 3 is 2.55 bits per heavy atom. The number of benzene rings is 1. The minimum absolute atomic E-state index is 0.00662. The molecule has 11 nitrogen and oxygen atoms in total. The Morgan fingerprint density at radius 2 is 1.93 bits per heavy atom. The second kappa shape index (κ2) is 11.7. The van der Waals surface area contributed by atoms with Gasteiger partial charge in [0, 0.05) is 25.3 Å². The number of anilines is 1. The van der Waals surface area contributed by atoms with Crippen LogP contribution in [-0.4, -0.2) is 71.6 Å². The molecule has 2 bridgehead atoms. The molecule has 2 saturated heterocycles. The van der Waals surface area contributed by atoms with Crippen molar-refractivity contribution in [3.05, 3.63) is 28.8 Å². The van der Waals surface area contributed by atoms with E-state index in [0.29, 0.717) is 18.7 Å². The number of amides is 4. The van der Waals surface area contributed by atoms with Crippen LogP contribution >= 0.6 is 11.6 Å². The highest BCUT2D eigenvalue weighted by molar-refractivity contribution is 6.34. The maximum atomic E-state index is 14.1. The molecule has 4 amide bonds. The molecule has 4 rings (SSSR count). The van der Waals surface area contributed by atoms with Crippen LogP contribution in [0.15, 0.2) is 18.2 Å². The van der Waals surface area contributed by atoms with Crippen molar-refractivity contribution in [1.29, 1.82) is 0 Å². The molecule has 218 valence electrons. The van der Waals surface area contributed by atoms with E-state index in [0.717, 1.165) is 12.8 Å². The number of hydrogen-bond donors (Lipinski definition) is 3. The zero-order valence-electron chi connectivity index (χ0n) is 23.4. The molecule has 40 heavy (non-hydrogen) atoms. The standard InChI is InChI=1S/C28H37ClN4O7/c1-6-39-27-20(13-21(35)40-27)31-25(37)22-15-7-9-17(11-15)33(22)26(38)23(28(3,4)5)32-24(36)18-10-8-16(12-19(18)29)30-14(2)34/h8,10,12,15,17,20,22-23,27H,6-7,9,11,13H2,1-5H3,(H,30,34)(H,31,37)(H,32,36). The minimum Gasteiger partial charge on any atom is -0.433 e. The third-order valence-electron chi connectivity index (χ3n) is 7.65. The van der Waals surface area contributed by atoms with Gasteiger partial charge >= 0.3 is 5.97 Å². The van der Waals surface area contributed by atoms with E-state index in [1.165, 1.54) is 19.1 Å². The lowest BCUT2D eigenvalue weighted by atomic mass is 9.84. The summed E-state index contributed by atoms with van der Waals surface area (Å²) in [5.74, 6) is -2.00.